The Morgan fingerprint density at radius 2 is 2.35 bits per heavy atom. The van der Waals surface area contributed by atoms with Crippen molar-refractivity contribution in [2.24, 2.45) is 0 Å². The van der Waals surface area contributed by atoms with Gasteiger partial charge in [0.25, 0.3) is 0 Å². The van der Waals surface area contributed by atoms with Crippen LogP contribution in [-0.2, 0) is 0 Å². The maximum atomic E-state index is 10.9. The van der Waals surface area contributed by atoms with Crippen molar-refractivity contribution in [1.82, 2.24) is 5.32 Å². The molecule has 1 heterocycles. The van der Waals surface area contributed by atoms with Crippen molar-refractivity contribution in [3.63, 3.8) is 0 Å². The van der Waals surface area contributed by atoms with E-state index in [1.807, 2.05) is 6.92 Å². The number of rotatable bonds is 5. The molecule has 0 radical (unpaired) electrons. The van der Waals surface area contributed by atoms with Crippen molar-refractivity contribution < 1.29 is 9.66 Å². The number of piperidine rings is 1. The van der Waals surface area contributed by atoms with Crippen molar-refractivity contribution in [2.75, 3.05) is 18.5 Å². The van der Waals surface area contributed by atoms with Crippen molar-refractivity contribution in [2.45, 2.75) is 38.8 Å². The Bertz CT molecular complexity index is 479. The number of anilines is 1. The highest BCUT2D eigenvalue weighted by atomic mass is 16.6. The van der Waals surface area contributed by atoms with Crippen LogP contribution in [0.15, 0.2) is 18.2 Å². The third kappa shape index (κ3) is 3.60. The first-order chi connectivity index (χ1) is 9.60. The SMILES string of the molecule is CCOc1cc(NC2CCNC(C)C2)ccc1[N+](=O)[O-]. The van der Waals surface area contributed by atoms with Crippen molar-refractivity contribution in [1.29, 1.82) is 0 Å². The zero-order chi connectivity index (χ0) is 14.5. The summed E-state index contributed by atoms with van der Waals surface area (Å²) in [5.41, 5.74) is 0.884. The standard InChI is InChI=1S/C14H21N3O3/c1-3-20-14-9-11(4-5-13(14)17(18)19)16-12-6-7-15-10(2)8-12/h4-5,9-10,12,15-16H,3,6-8H2,1-2H3. The smallest absolute Gasteiger partial charge is 0.311 e. The highest BCUT2D eigenvalue weighted by Gasteiger charge is 2.20. The Labute approximate surface area is 118 Å². The average molecular weight is 279 g/mol. The lowest BCUT2D eigenvalue weighted by Crippen LogP contribution is -2.41. The van der Waals surface area contributed by atoms with Crippen LogP contribution in [0.25, 0.3) is 0 Å². The second-order valence-electron chi connectivity index (χ2n) is 5.09. The molecule has 0 aromatic heterocycles. The first-order valence-corrected chi connectivity index (χ1v) is 7.01. The molecule has 0 spiro atoms. The normalized spacial score (nSPS) is 22.3. The lowest BCUT2D eigenvalue weighted by Gasteiger charge is -2.29. The summed E-state index contributed by atoms with van der Waals surface area (Å²) in [5.74, 6) is 0.324. The summed E-state index contributed by atoms with van der Waals surface area (Å²) in [6.45, 7) is 5.38. The maximum Gasteiger partial charge on any atom is 0.311 e. The topological polar surface area (TPSA) is 76.4 Å². The van der Waals surface area contributed by atoms with Gasteiger partial charge >= 0.3 is 5.69 Å². The van der Waals surface area contributed by atoms with Crippen molar-refractivity contribution in [3.8, 4) is 5.75 Å². The molecule has 0 saturated carbocycles. The van der Waals surface area contributed by atoms with Gasteiger partial charge in [0.2, 0.25) is 0 Å². The molecule has 6 heteroatoms. The van der Waals surface area contributed by atoms with E-state index in [4.69, 9.17) is 4.74 Å². The fourth-order valence-corrected chi connectivity index (χ4v) is 2.52. The molecule has 1 saturated heterocycles. The van der Waals surface area contributed by atoms with Gasteiger partial charge in [-0.1, -0.05) is 0 Å². The molecule has 1 aromatic rings. The fraction of sp³-hybridized carbons (Fsp3) is 0.571. The van der Waals surface area contributed by atoms with Gasteiger partial charge < -0.3 is 15.4 Å². The Balaban J connectivity index is 2.11. The summed E-state index contributed by atoms with van der Waals surface area (Å²) in [4.78, 5) is 10.5. The number of nitro benzene ring substituents is 1. The summed E-state index contributed by atoms with van der Waals surface area (Å²) in [6.07, 6.45) is 2.09. The predicted octanol–water partition coefficient (Wildman–Crippen LogP) is 2.55. The molecule has 1 aliphatic rings. The molecular weight excluding hydrogens is 258 g/mol. The quantitative estimate of drug-likeness (QED) is 0.640. The molecule has 6 nitrogen and oxygen atoms in total. The second kappa shape index (κ2) is 6.56. The van der Waals surface area contributed by atoms with Crippen LogP contribution >= 0.6 is 0 Å². The van der Waals surface area contributed by atoms with Gasteiger partial charge in [0.1, 0.15) is 0 Å². The predicted molar refractivity (Wildman–Crippen MR) is 78.4 cm³/mol. The number of nitro groups is 1. The molecule has 0 bridgehead atoms. The molecule has 0 amide bonds. The second-order valence-corrected chi connectivity index (χ2v) is 5.09. The molecule has 2 rings (SSSR count). The van der Waals surface area contributed by atoms with Crippen LogP contribution < -0.4 is 15.4 Å². The van der Waals surface area contributed by atoms with Gasteiger partial charge in [-0.25, -0.2) is 0 Å². The Kier molecular flexibility index (Phi) is 4.79. The van der Waals surface area contributed by atoms with E-state index in [-0.39, 0.29) is 5.69 Å². The van der Waals surface area contributed by atoms with Crippen LogP contribution in [-0.4, -0.2) is 30.2 Å². The van der Waals surface area contributed by atoms with Crippen LogP contribution in [0.1, 0.15) is 26.7 Å². The molecule has 1 aliphatic heterocycles. The Morgan fingerprint density at radius 1 is 1.55 bits per heavy atom. The minimum atomic E-state index is -0.415. The lowest BCUT2D eigenvalue weighted by atomic mass is 10.0. The van der Waals surface area contributed by atoms with E-state index >= 15 is 0 Å². The van der Waals surface area contributed by atoms with Crippen LogP contribution in [0, 0.1) is 10.1 Å². The summed E-state index contributed by atoms with van der Waals surface area (Å²) in [6, 6.07) is 5.84. The maximum absolute atomic E-state index is 10.9. The average Bonchev–Trinajstić information content (AvgIpc) is 2.39. The molecular formula is C14H21N3O3. The molecule has 0 aliphatic carbocycles. The number of hydrogen-bond acceptors (Lipinski definition) is 5. The number of nitrogens with one attached hydrogen (secondary N) is 2. The number of hydrogen-bond donors (Lipinski definition) is 2. The van der Waals surface area contributed by atoms with E-state index in [0.29, 0.717) is 24.4 Å². The summed E-state index contributed by atoms with van der Waals surface area (Å²) in [7, 11) is 0. The third-order valence-corrected chi connectivity index (χ3v) is 3.45. The zero-order valence-corrected chi connectivity index (χ0v) is 11.9. The van der Waals surface area contributed by atoms with Gasteiger partial charge in [-0.05, 0) is 39.3 Å². The number of nitrogens with zero attached hydrogens (tertiary/aromatic N) is 1. The van der Waals surface area contributed by atoms with Gasteiger partial charge in [-0.15, -0.1) is 0 Å². The highest BCUT2D eigenvalue weighted by molar-refractivity contribution is 5.58. The molecule has 110 valence electrons. The van der Waals surface area contributed by atoms with Gasteiger partial charge in [0, 0.05) is 29.9 Å². The van der Waals surface area contributed by atoms with Gasteiger partial charge in [-0.3, -0.25) is 10.1 Å². The summed E-state index contributed by atoms with van der Waals surface area (Å²) < 4.78 is 5.36. The largest absolute Gasteiger partial charge is 0.487 e. The number of benzene rings is 1. The van der Waals surface area contributed by atoms with E-state index < -0.39 is 4.92 Å². The van der Waals surface area contributed by atoms with Crippen LogP contribution in [0.5, 0.6) is 5.75 Å². The van der Waals surface area contributed by atoms with Gasteiger partial charge in [0.05, 0.1) is 11.5 Å². The lowest BCUT2D eigenvalue weighted by molar-refractivity contribution is -0.385. The van der Waals surface area contributed by atoms with E-state index in [9.17, 15) is 10.1 Å². The first-order valence-electron chi connectivity index (χ1n) is 7.01. The van der Waals surface area contributed by atoms with E-state index in [2.05, 4.69) is 17.6 Å². The molecule has 1 aromatic carbocycles. The zero-order valence-electron chi connectivity index (χ0n) is 11.9. The minimum absolute atomic E-state index is 0.0103. The van der Waals surface area contributed by atoms with Gasteiger partial charge in [0.15, 0.2) is 5.75 Å². The molecule has 2 unspecified atom stereocenters. The highest BCUT2D eigenvalue weighted by Crippen LogP contribution is 2.30. The molecule has 1 fully saturated rings. The van der Waals surface area contributed by atoms with Gasteiger partial charge in [-0.2, -0.15) is 0 Å². The van der Waals surface area contributed by atoms with E-state index in [1.165, 1.54) is 6.07 Å². The number of ether oxygens (including phenoxy) is 1. The Hall–Kier alpha value is -1.82. The first kappa shape index (κ1) is 14.6. The van der Waals surface area contributed by atoms with Crippen LogP contribution in [0.4, 0.5) is 11.4 Å². The van der Waals surface area contributed by atoms with E-state index in [0.717, 1.165) is 25.1 Å². The molecule has 20 heavy (non-hydrogen) atoms. The monoisotopic (exact) mass is 279 g/mol. The minimum Gasteiger partial charge on any atom is -0.487 e. The van der Waals surface area contributed by atoms with E-state index in [1.54, 1.807) is 12.1 Å². The summed E-state index contributed by atoms with van der Waals surface area (Å²) >= 11 is 0. The molecule has 2 atom stereocenters. The molecule has 2 N–H and O–H groups in total. The van der Waals surface area contributed by atoms with Crippen LogP contribution in [0.2, 0.25) is 0 Å². The van der Waals surface area contributed by atoms with Crippen molar-refractivity contribution in [3.05, 3.63) is 28.3 Å². The summed E-state index contributed by atoms with van der Waals surface area (Å²) in [5, 5.41) is 17.8. The fourth-order valence-electron chi connectivity index (χ4n) is 2.52. The van der Waals surface area contributed by atoms with Crippen LogP contribution in [0.3, 0.4) is 0 Å². The Morgan fingerprint density at radius 3 is 3.00 bits per heavy atom. The van der Waals surface area contributed by atoms with Crippen molar-refractivity contribution >= 4 is 11.4 Å². The third-order valence-electron chi connectivity index (χ3n) is 3.45.